The lowest BCUT2D eigenvalue weighted by Crippen LogP contribution is -2.34. The molecule has 0 unspecified atom stereocenters. The Kier molecular flexibility index (Phi) is 7.59. The summed E-state index contributed by atoms with van der Waals surface area (Å²) in [4.78, 5) is 32.6. The number of nitrogens with zero attached hydrogens (tertiary/aromatic N) is 4. The van der Waals surface area contributed by atoms with Crippen LogP contribution in [0.25, 0.3) is 28.0 Å². The zero-order valence-corrected chi connectivity index (χ0v) is 22.0. The monoisotopic (exact) mass is 501 g/mol. The normalized spacial score (nSPS) is 13.5. The number of nitrogens with two attached hydrogens (primary N) is 1. The number of aromatic nitrogens is 2. The third-order valence-corrected chi connectivity index (χ3v) is 6.27. The van der Waals surface area contributed by atoms with Crippen LogP contribution in [-0.4, -0.2) is 50.2 Å². The molecule has 4 rings (SSSR count). The van der Waals surface area contributed by atoms with Crippen LogP contribution in [0.5, 0.6) is 0 Å². The van der Waals surface area contributed by atoms with E-state index < -0.39 is 5.60 Å². The summed E-state index contributed by atoms with van der Waals surface area (Å²) in [5.41, 5.74) is 8.97. The maximum absolute atomic E-state index is 13.2. The molecule has 1 amide bonds. The third-order valence-electron chi connectivity index (χ3n) is 6.27. The molecule has 0 bridgehead atoms. The van der Waals surface area contributed by atoms with Crippen molar-refractivity contribution in [3.63, 3.8) is 0 Å². The van der Waals surface area contributed by atoms with Crippen LogP contribution in [-0.2, 0) is 11.3 Å². The summed E-state index contributed by atoms with van der Waals surface area (Å²) in [5.74, 6) is 0.412. The molecule has 8 nitrogen and oxygen atoms in total. The number of carbonyl (C=O) groups is 1. The van der Waals surface area contributed by atoms with E-state index in [0.29, 0.717) is 47.4 Å². The lowest BCUT2D eigenvalue weighted by atomic mass is 9.99. The average Bonchev–Trinajstić information content (AvgIpc) is 3.01. The fourth-order valence-electron chi connectivity index (χ4n) is 4.61. The fraction of sp³-hybridized carbons (Fsp3) is 0.379. The third kappa shape index (κ3) is 5.97. The standard InChI is InChI=1S/C29H35N5O3/c1-5-11-33(12-6-2)27(35)22-14-21-8-7-20(15-25(21)32-26(30)16-22)19-9-10-24-23(13-19)17-31-34(28(24)36)18-29(3,4)37/h7-10,13-15,17,37H,5-6,11-12,16,18H2,1-4H3,(H2,30,32). The summed E-state index contributed by atoms with van der Waals surface area (Å²) in [5, 5.41) is 15.6. The van der Waals surface area contributed by atoms with Crippen molar-refractivity contribution in [3.05, 3.63) is 64.1 Å². The van der Waals surface area contributed by atoms with Crippen molar-refractivity contribution < 1.29 is 9.90 Å². The van der Waals surface area contributed by atoms with E-state index in [-0.39, 0.29) is 18.0 Å². The number of amidine groups is 1. The van der Waals surface area contributed by atoms with E-state index in [0.717, 1.165) is 29.5 Å². The Bertz CT molecular complexity index is 1440. The van der Waals surface area contributed by atoms with E-state index in [4.69, 9.17) is 5.73 Å². The average molecular weight is 502 g/mol. The predicted molar refractivity (Wildman–Crippen MR) is 149 cm³/mol. The van der Waals surface area contributed by atoms with E-state index in [1.165, 1.54) is 4.68 Å². The molecule has 3 aromatic rings. The number of rotatable bonds is 8. The van der Waals surface area contributed by atoms with Gasteiger partial charge in [0.05, 0.1) is 29.4 Å². The van der Waals surface area contributed by atoms with Crippen LogP contribution in [0.1, 0.15) is 52.5 Å². The van der Waals surface area contributed by atoms with Gasteiger partial charge < -0.3 is 15.7 Å². The highest BCUT2D eigenvalue weighted by Crippen LogP contribution is 2.33. The van der Waals surface area contributed by atoms with Crippen molar-refractivity contribution in [3.8, 4) is 11.1 Å². The van der Waals surface area contributed by atoms with Crippen molar-refractivity contribution in [2.45, 2.75) is 59.1 Å². The molecule has 37 heavy (non-hydrogen) atoms. The van der Waals surface area contributed by atoms with Gasteiger partial charge in [-0.3, -0.25) is 9.59 Å². The topological polar surface area (TPSA) is 114 Å². The first-order valence-electron chi connectivity index (χ1n) is 12.8. The number of hydrogen-bond acceptors (Lipinski definition) is 6. The van der Waals surface area contributed by atoms with Gasteiger partial charge in [-0.25, -0.2) is 9.67 Å². The van der Waals surface area contributed by atoms with Crippen LogP contribution in [0.2, 0.25) is 0 Å². The van der Waals surface area contributed by atoms with Crippen LogP contribution in [0.4, 0.5) is 5.69 Å². The zero-order chi connectivity index (χ0) is 26.7. The Balaban J connectivity index is 1.69. The molecule has 3 N–H and O–H groups in total. The number of amides is 1. The molecule has 0 saturated carbocycles. The maximum Gasteiger partial charge on any atom is 0.274 e. The molecule has 0 saturated heterocycles. The van der Waals surface area contributed by atoms with Gasteiger partial charge in [-0.15, -0.1) is 0 Å². The van der Waals surface area contributed by atoms with Gasteiger partial charge in [0.2, 0.25) is 5.91 Å². The van der Waals surface area contributed by atoms with Crippen molar-refractivity contribution in [2.24, 2.45) is 10.7 Å². The first kappa shape index (κ1) is 26.3. The van der Waals surface area contributed by atoms with Crippen molar-refractivity contribution >= 4 is 34.3 Å². The van der Waals surface area contributed by atoms with E-state index >= 15 is 0 Å². The predicted octanol–water partition coefficient (Wildman–Crippen LogP) is 4.26. The quantitative estimate of drug-likeness (QED) is 0.479. The Hall–Kier alpha value is -3.78. The zero-order valence-electron chi connectivity index (χ0n) is 22.0. The van der Waals surface area contributed by atoms with E-state index in [2.05, 4.69) is 23.9 Å². The Labute approximate surface area is 217 Å². The Morgan fingerprint density at radius 1 is 1.11 bits per heavy atom. The van der Waals surface area contributed by atoms with E-state index in [1.807, 2.05) is 41.3 Å². The number of aliphatic hydroxyl groups is 1. The van der Waals surface area contributed by atoms with Crippen molar-refractivity contribution in [1.29, 1.82) is 0 Å². The van der Waals surface area contributed by atoms with E-state index in [9.17, 15) is 14.7 Å². The SMILES string of the molecule is CCCN(CCC)C(=O)C1=Cc2ccc(-c3ccc4c(=O)n(CC(C)(C)O)ncc4c3)cc2N=C(N)C1. The molecule has 194 valence electrons. The minimum atomic E-state index is -1.04. The molecule has 8 heteroatoms. The second-order valence-electron chi connectivity index (χ2n) is 10.2. The molecule has 1 aromatic heterocycles. The molecule has 0 fully saturated rings. The molecule has 0 aliphatic carbocycles. The summed E-state index contributed by atoms with van der Waals surface area (Å²) in [7, 11) is 0. The van der Waals surface area contributed by atoms with Crippen molar-refractivity contribution in [1.82, 2.24) is 14.7 Å². The van der Waals surface area contributed by atoms with Crippen LogP contribution in [0, 0.1) is 0 Å². The summed E-state index contributed by atoms with van der Waals surface area (Å²) in [6.45, 7) is 8.96. The van der Waals surface area contributed by atoms with Gasteiger partial charge in [-0.1, -0.05) is 32.0 Å². The lowest BCUT2D eigenvalue weighted by molar-refractivity contribution is -0.127. The summed E-state index contributed by atoms with van der Waals surface area (Å²) in [6, 6.07) is 11.5. The highest BCUT2D eigenvalue weighted by Gasteiger charge is 2.21. The molecule has 2 aromatic carbocycles. The minimum absolute atomic E-state index is 0.0102. The van der Waals surface area contributed by atoms with Gasteiger partial charge in [-0.05, 0) is 62.1 Å². The van der Waals surface area contributed by atoms with Crippen LogP contribution in [0.3, 0.4) is 0 Å². The molecule has 0 radical (unpaired) electrons. The molecular formula is C29H35N5O3. The largest absolute Gasteiger partial charge is 0.389 e. The summed E-state index contributed by atoms with van der Waals surface area (Å²) >= 11 is 0. The van der Waals surface area contributed by atoms with Gasteiger partial charge >= 0.3 is 0 Å². The Morgan fingerprint density at radius 3 is 2.46 bits per heavy atom. The maximum atomic E-state index is 13.2. The first-order valence-corrected chi connectivity index (χ1v) is 12.8. The van der Waals surface area contributed by atoms with Gasteiger partial charge in [0.1, 0.15) is 5.84 Å². The van der Waals surface area contributed by atoms with Gasteiger partial charge in [-0.2, -0.15) is 5.10 Å². The van der Waals surface area contributed by atoms with Crippen LogP contribution in [0.15, 0.2) is 58.0 Å². The number of benzene rings is 2. The second kappa shape index (κ2) is 10.7. The molecule has 0 atom stereocenters. The fourth-order valence-corrected chi connectivity index (χ4v) is 4.61. The summed E-state index contributed by atoms with van der Waals surface area (Å²) in [6.07, 6.45) is 5.66. The molecular weight excluding hydrogens is 466 g/mol. The Morgan fingerprint density at radius 2 is 1.78 bits per heavy atom. The number of fused-ring (bicyclic) bond motifs is 2. The molecule has 1 aliphatic heterocycles. The van der Waals surface area contributed by atoms with Gasteiger partial charge in [0.15, 0.2) is 0 Å². The smallest absolute Gasteiger partial charge is 0.274 e. The molecule has 1 aliphatic rings. The van der Waals surface area contributed by atoms with Crippen LogP contribution < -0.4 is 11.3 Å². The number of hydrogen-bond donors (Lipinski definition) is 2. The number of carbonyl (C=O) groups excluding carboxylic acids is 1. The lowest BCUT2D eigenvalue weighted by Gasteiger charge is -2.22. The highest BCUT2D eigenvalue weighted by molar-refractivity contribution is 6.05. The molecule has 0 spiro atoms. The van der Waals surface area contributed by atoms with Crippen LogP contribution >= 0.6 is 0 Å². The van der Waals surface area contributed by atoms with E-state index in [1.54, 1.807) is 26.1 Å². The van der Waals surface area contributed by atoms with Gasteiger partial charge in [0.25, 0.3) is 5.56 Å². The minimum Gasteiger partial charge on any atom is -0.389 e. The van der Waals surface area contributed by atoms with Gasteiger partial charge in [0, 0.05) is 36.0 Å². The molecule has 2 heterocycles. The summed E-state index contributed by atoms with van der Waals surface area (Å²) < 4.78 is 1.29. The number of aliphatic imine (C=N–C) groups is 1. The highest BCUT2D eigenvalue weighted by atomic mass is 16.3. The van der Waals surface area contributed by atoms with Crippen molar-refractivity contribution in [2.75, 3.05) is 13.1 Å². The second-order valence-corrected chi connectivity index (χ2v) is 10.2. The first-order chi connectivity index (χ1) is 17.6.